The molecule has 2 heterocycles. The lowest BCUT2D eigenvalue weighted by Crippen LogP contribution is -2.45. The molecule has 0 aromatic heterocycles. The molecular weight excluding hydrogens is 506 g/mol. The van der Waals surface area contributed by atoms with E-state index in [1.54, 1.807) is 0 Å². The molecule has 0 aliphatic carbocycles. The second-order valence-corrected chi connectivity index (χ2v) is 12.9. The SMILES string of the molecule is CCCCCCCCCCCCCCCCCCOP1OCC2(CO1)COP(Oc1ccccc1)OC2. The molecule has 1 aromatic rings. The molecule has 0 bridgehead atoms. The summed E-state index contributed by atoms with van der Waals surface area (Å²) in [7, 11) is -2.63. The van der Waals surface area contributed by atoms with Crippen LogP contribution in [0.4, 0.5) is 0 Å². The fourth-order valence-corrected chi connectivity index (χ4v) is 7.06. The van der Waals surface area contributed by atoms with Crippen molar-refractivity contribution in [2.75, 3.05) is 33.0 Å². The van der Waals surface area contributed by atoms with Gasteiger partial charge in [-0.15, -0.1) is 0 Å². The van der Waals surface area contributed by atoms with Crippen LogP contribution in [0.1, 0.15) is 110 Å². The maximum atomic E-state index is 5.88. The van der Waals surface area contributed by atoms with Gasteiger partial charge in [0.25, 0.3) is 0 Å². The molecule has 2 aliphatic heterocycles. The number of para-hydroxylation sites is 1. The Kier molecular flexibility index (Phi) is 16.6. The van der Waals surface area contributed by atoms with Gasteiger partial charge in [-0.1, -0.05) is 121 Å². The highest BCUT2D eigenvalue weighted by molar-refractivity contribution is 7.42. The van der Waals surface area contributed by atoms with Crippen molar-refractivity contribution in [1.82, 2.24) is 0 Å². The molecule has 3 rings (SSSR count). The van der Waals surface area contributed by atoms with Crippen molar-refractivity contribution in [3.63, 3.8) is 0 Å². The molecule has 0 atom stereocenters. The summed E-state index contributed by atoms with van der Waals surface area (Å²) in [6.45, 7) is 5.08. The molecule has 2 saturated heterocycles. The molecule has 0 amide bonds. The Hall–Kier alpha value is -0.320. The van der Waals surface area contributed by atoms with E-state index >= 15 is 0 Å². The fraction of sp³-hybridized carbons (Fsp3) is 0.793. The largest absolute Gasteiger partial charge is 0.427 e. The van der Waals surface area contributed by atoms with Crippen LogP contribution in [0, 0.1) is 5.41 Å². The van der Waals surface area contributed by atoms with Crippen LogP contribution in [-0.4, -0.2) is 33.0 Å². The number of benzene rings is 1. The van der Waals surface area contributed by atoms with Crippen molar-refractivity contribution in [2.24, 2.45) is 5.41 Å². The lowest BCUT2D eigenvalue weighted by atomic mass is 9.93. The van der Waals surface area contributed by atoms with Crippen molar-refractivity contribution in [1.29, 1.82) is 0 Å². The Morgan fingerprint density at radius 2 is 1.03 bits per heavy atom. The van der Waals surface area contributed by atoms with Gasteiger partial charge in [0.05, 0.1) is 38.4 Å². The zero-order valence-corrected chi connectivity index (χ0v) is 24.9. The molecule has 1 aromatic carbocycles. The molecule has 8 heteroatoms. The molecule has 2 fully saturated rings. The van der Waals surface area contributed by atoms with Gasteiger partial charge in [0.1, 0.15) is 5.75 Å². The van der Waals surface area contributed by atoms with Crippen LogP contribution in [0.2, 0.25) is 0 Å². The summed E-state index contributed by atoms with van der Waals surface area (Å²) in [6, 6.07) is 9.62. The molecule has 37 heavy (non-hydrogen) atoms. The highest BCUT2D eigenvalue weighted by atomic mass is 31.2. The van der Waals surface area contributed by atoms with Gasteiger partial charge < -0.3 is 27.1 Å². The van der Waals surface area contributed by atoms with Crippen LogP contribution < -0.4 is 4.52 Å². The number of unbranched alkanes of at least 4 members (excludes halogenated alkanes) is 15. The van der Waals surface area contributed by atoms with Crippen LogP contribution in [-0.2, 0) is 22.6 Å². The van der Waals surface area contributed by atoms with E-state index in [-0.39, 0.29) is 5.41 Å². The summed E-state index contributed by atoms with van der Waals surface area (Å²) in [5.41, 5.74) is -0.269. The van der Waals surface area contributed by atoms with E-state index in [0.29, 0.717) is 33.0 Å². The van der Waals surface area contributed by atoms with E-state index in [0.717, 1.165) is 12.2 Å². The third-order valence-electron chi connectivity index (χ3n) is 7.02. The van der Waals surface area contributed by atoms with E-state index in [1.807, 2.05) is 30.3 Å². The Labute approximate surface area is 228 Å². The predicted octanol–water partition coefficient (Wildman–Crippen LogP) is 9.88. The Morgan fingerprint density at radius 1 is 0.595 bits per heavy atom. The fourth-order valence-electron chi connectivity index (χ4n) is 4.57. The first-order valence-electron chi connectivity index (χ1n) is 14.8. The molecule has 0 radical (unpaired) electrons. The molecule has 0 N–H and O–H groups in total. The van der Waals surface area contributed by atoms with E-state index in [4.69, 9.17) is 27.1 Å². The minimum Gasteiger partial charge on any atom is -0.427 e. The van der Waals surface area contributed by atoms with Gasteiger partial charge in [0, 0.05) is 0 Å². The summed E-state index contributed by atoms with van der Waals surface area (Å²) in [5.74, 6) is 0.756. The van der Waals surface area contributed by atoms with E-state index in [1.165, 1.54) is 96.3 Å². The van der Waals surface area contributed by atoms with Crippen molar-refractivity contribution in [3.8, 4) is 5.75 Å². The Bertz CT molecular complexity index is 662. The van der Waals surface area contributed by atoms with Gasteiger partial charge in [-0.2, -0.15) is 0 Å². The van der Waals surface area contributed by atoms with E-state index in [2.05, 4.69) is 6.92 Å². The van der Waals surface area contributed by atoms with Gasteiger partial charge in [-0.05, 0) is 18.6 Å². The van der Waals surface area contributed by atoms with E-state index in [9.17, 15) is 0 Å². The van der Waals surface area contributed by atoms with Crippen molar-refractivity contribution >= 4 is 17.2 Å². The lowest BCUT2D eigenvalue weighted by Gasteiger charge is -2.41. The molecule has 1 spiro atoms. The zero-order chi connectivity index (χ0) is 25.9. The van der Waals surface area contributed by atoms with Crippen LogP contribution in [0.25, 0.3) is 0 Å². The lowest BCUT2D eigenvalue weighted by molar-refractivity contribution is -0.0718. The van der Waals surface area contributed by atoms with Gasteiger partial charge in [-0.3, -0.25) is 0 Å². The topological polar surface area (TPSA) is 55.4 Å². The van der Waals surface area contributed by atoms with Gasteiger partial charge in [0.2, 0.25) is 0 Å². The first-order chi connectivity index (χ1) is 18.3. The Balaban J connectivity index is 1.07. The van der Waals surface area contributed by atoms with Crippen LogP contribution >= 0.6 is 17.2 Å². The third-order valence-corrected chi connectivity index (χ3v) is 9.14. The van der Waals surface area contributed by atoms with Gasteiger partial charge in [-0.25, -0.2) is 0 Å². The normalized spacial score (nSPS) is 23.9. The van der Waals surface area contributed by atoms with Crippen LogP contribution in [0.15, 0.2) is 30.3 Å². The average Bonchev–Trinajstić information content (AvgIpc) is 2.93. The summed E-state index contributed by atoms with van der Waals surface area (Å²) >= 11 is 0. The predicted molar refractivity (Wildman–Crippen MR) is 153 cm³/mol. The third kappa shape index (κ3) is 13.5. The van der Waals surface area contributed by atoms with Crippen molar-refractivity contribution in [3.05, 3.63) is 30.3 Å². The molecule has 0 saturated carbocycles. The highest BCUT2D eigenvalue weighted by Crippen LogP contribution is 2.53. The quantitative estimate of drug-likeness (QED) is 0.118. The summed E-state index contributed by atoms with van der Waals surface area (Å²) in [6.07, 6.45) is 22.0. The van der Waals surface area contributed by atoms with Crippen LogP contribution in [0.5, 0.6) is 5.75 Å². The van der Waals surface area contributed by atoms with Gasteiger partial charge in [0.15, 0.2) is 0 Å². The molecule has 2 aliphatic rings. The summed E-state index contributed by atoms with van der Waals surface area (Å²) in [5, 5.41) is 0. The van der Waals surface area contributed by atoms with Gasteiger partial charge >= 0.3 is 17.2 Å². The average molecular weight is 557 g/mol. The number of hydrogen-bond acceptors (Lipinski definition) is 6. The zero-order valence-electron chi connectivity index (χ0n) is 23.1. The maximum Gasteiger partial charge on any atom is 0.397 e. The Morgan fingerprint density at radius 3 is 1.51 bits per heavy atom. The summed E-state index contributed by atoms with van der Waals surface area (Å²) < 4.78 is 35.1. The van der Waals surface area contributed by atoms with Crippen molar-refractivity contribution < 1.29 is 27.1 Å². The molecular formula is C29H50O6P2. The second kappa shape index (κ2) is 19.7. The van der Waals surface area contributed by atoms with Crippen molar-refractivity contribution in [2.45, 2.75) is 110 Å². The summed E-state index contributed by atoms with van der Waals surface area (Å²) in [4.78, 5) is 0. The first-order valence-corrected chi connectivity index (χ1v) is 17.0. The molecule has 0 unspecified atom stereocenters. The smallest absolute Gasteiger partial charge is 0.397 e. The second-order valence-electron chi connectivity index (χ2n) is 10.6. The molecule has 212 valence electrons. The maximum absolute atomic E-state index is 5.88. The minimum atomic E-state index is -1.37. The number of rotatable bonds is 20. The highest BCUT2D eigenvalue weighted by Gasteiger charge is 2.44. The first kappa shape index (κ1) is 31.2. The minimum absolute atomic E-state index is 0.269. The monoisotopic (exact) mass is 556 g/mol. The number of hydrogen-bond donors (Lipinski definition) is 0. The standard InChI is InChI=1S/C29H50O6P2/c1-2-3-4-5-6-7-8-9-10-11-12-13-14-15-16-20-23-30-36-31-24-29(25-32-36)26-33-37(34-27-29)35-28-21-18-17-19-22-28/h17-19,21-22H,2-16,20,23-27H2,1H3. The van der Waals surface area contributed by atoms with E-state index < -0.39 is 17.2 Å². The van der Waals surface area contributed by atoms with Crippen LogP contribution in [0.3, 0.4) is 0 Å². The molecule has 6 nitrogen and oxygen atoms in total.